The maximum absolute atomic E-state index is 11.9. The second-order valence-corrected chi connectivity index (χ2v) is 4.93. The van der Waals surface area contributed by atoms with E-state index in [4.69, 9.17) is 23.1 Å². The largest absolute Gasteiger partial charge is 0.395 e. The second-order valence-electron chi connectivity index (χ2n) is 4.49. The smallest absolute Gasteiger partial charge is 0.238 e. The number of thiocarbonyl (C=S) groups is 1. The third-order valence-corrected chi connectivity index (χ3v) is 3.01. The van der Waals surface area contributed by atoms with Crippen LogP contribution in [0.4, 0.5) is 5.69 Å². The van der Waals surface area contributed by atoms with Crippen LogP contribution in [0.3, 0.4) is 0 Å². The Balaban J connectivity index is 2.54. The van der Waals surface area contributed by atoms with Crippen LogP contribution in [-0.4, -0.2) is 47.1 Å². The number of nitrogens with one attached hydrogen (secondary N) is 1. The molecule has 4 N–H and O–H groups in total. The van der Waals surface area contributed by atoms with Gasteiger partial charge in [-0.25, -0.2) is 0 Å². The monoisotopic (exact) mass is 295 g/mol. The molecule has 20 heavy (non-hydrogen) atoms. The van der Waals surface area contributed by atoms with Crippen molar-refractivity contribution in [1.82, 2.24) is 4.90 Å². The van der Waals surface area contributed by atoms with E-state index < -0.39 is 0 Å². The minimum Gasteiger partial charge on any atom is -0.395 e. The van der Waals surface area contributed by atoms with Crippen LogP contribution in [0.1, 0.15) is 18.9 Å². The highest BCUT2D eigenvalue weighted by atomic mass is 32.1. The Hall–Kier alpha value is -1.50. The molecule has 0 radical (unpaired) electrons. The highest BCUT2D eigenvalue weighted by Crippen LogP contribution is 2.09. The molecular formula is C14H21N3O2S. The molecule has 0 atom stereocenters. The van der Waals surface area contributed by atoms with Gasteiger partial charge in [0.05, 0.1) is 13.2 Å². The van der Waals surface area contributed by atoms with Gasteiger partial charge in [-0.05, 0) is 37.2 Å². The summed E-state index contributed by atoms with van der Waals surface area (Å²) in [5.41, 5.74) is 6.98. The van der Waals surface area contributed by atoms with E-state index in [2.05, 4.69) is 5.32 Å². The van der Waals surface area contributed by atoms with Crippen molar-refractivity contribution in [2.24, 2.45) is 5.73 Å². The van der Waals surface area contributed by atoms with E-state index in [1.807, 2.05) is 11.8 Å². The highest BCUT2D eigenvalue weighted by molar-refractivity contribution is 7.80. The van der Waals surface area contributed by atoms with Gasteiger partial charge in [-0.15, -0.1) is 0 Å². The Morgan fingerprint density at radius 2 is 2.00 bits per heavy atom. The van der Waals surface area contributed by atoms with Gasteiger partial charge >= 0.3 is 0 Å². The van der Waals surface area contributed by atoms with Crippen LogP contribution in [0.25, 0.3) is 0 Å². The van der Waals surface area contributed by atoms with Crippen LogP contribution in [0.15, 0.2) is 24.3 Å². The number of aliphatic hydroxyl groups excluding tert-OH is 1. The first kappa shape index (κ1) is 16.6. The lowest BCUT2D eigenvalue weighted by Gasteiger charge is -2.19. The molecule has 0 fully saturated rings. The number of hydrogen-bond acceptors (Lipinski definition) is 4. The number of rotatable bonds is 8. The first-order chi connectivity index (χ1) is 9.56. The topological polar surface area (TPSA) is 78.6 Å². The Bertz CT molecular complexity index is 442. The molecule has 0 heterocycles. The summed E-state index contributed by atoms with van der Waals surface area (Å²) in [6, 6.07) is 7.08. The lowest BCUT2D eigenvalue weighted by atomic mass is 10.2. The van der Waals surface area contributed by atoms with Gasteiger partial charge < -0.3 is 16.2 Å². The van der Waals surface area contributed by atoms with Crippen LogP contribution in [0, 0.1) is 0 Å². The molecule has 0 aliphatic rings. The summed E-state index contributed by atoms with van der Waals surface area (Å²) in [6.45, 7) is 3.65. The lowest BCUT2D eigenvalue weighted by molar-refractivity contribution is -0.117. The second kappa shape index (κ2) is 8.63. The Labute approximate surface area is 124 Å². The summed E-state index contributed by atoms with van der Waals surface area (Å²) in [7, 11) is 0. The Morgan fingerprint density at radius 1 is 1.35 bits per heavy atom. The van der Waals surface area contributed by atoms with Crippen molar-refractivity contribution >= 4 is 28.8 Å². The van der Waals surface area contributed by atoms with Crippen molar-refractivity contribution < 1.29 is 9.90 Å². The molecule has 110 valence electrons. The number of aliphatic hydroxyl groups is 1. The van der Waals surface area contributed by atoms with Gasteiger partial charge in [-0.3, -0.25) is 9.69 Å². The van der Waals surface area contributed by atoms with Gasteiger partial charge in [-0.1, -0.05) is 19.1 Å². The summed E-state index contributed by atoms with van der Waals surface area (Å²) < 4.78 is 0. The molecule has 1 rings (SSSR count). The van der Waals surface area contributed by atoms with Crippen LogP contribution in [0.2, 0.25) is 0 Å². The van der Waals surface area contributed by atoms with Gasteiger partial charge in [0.2, 0.25) is 5.91 Å². The van der Waals surface area contributed by atoms with Gasteiger partial charge in [0, 0.05) is 17.8 Å². The van der Waals surface area contributed by atoms with Crippen molar-refractivity contribution in [3.8, 4) is 0 Å². The predicted octanol–water partition coefficient (Wildman–Crippen LogP) is 0.964. The van der Waals surface area contributed by atoms with Crippen LogP contribution in [-0.2, 0) is 4.79 Å². The van der Waals surface area contributed by atoms with Gasteiger partial charge in [-0.2, -0.15) is 0 Å². The molecule has 5 nitrogen and oxygen atoms in total. The summed E-state index contributed by atoms with van der Waals surface area (Å²) in [6.07, 6.45) is 0.940. The standard InChI is InChI=1S/C14H21N3O2S/c1-2-7-17(8-9-18)10-13(19)16-12-5-3-11(4-6-12)14(15)20/h3-6,18H,2,7-10H2,1H3,(H2,15,20)(H,16,19). The molecule has 0 bridgehead atoms. The Morgan fingerprint density at radius 3 is 2.50 bits per heavy atom. The number of carbonyl (C=O) groups excluding carboxylic acids is 1. The molecule has 0 aromatic heterocycles. The maximum Gasteiger partial charge on any atom is 0.238 e. The van der Waals surface area contributed by atoms with Crippen LogP contribution < -0.4 is 11.1 Å². The van der Waals surface area contributed by atoms with Crippen LogP contribution in [0.5, 0.6) is 0 Å². The SMILES string of the molecule is CCCN(CCO)CC(=O)Nc1ccc(C(N)=S)cc1. The number of benzene rings is 1. The van der Waals surface area contributed by atoms with E-state index in [1.165, 1.54) is 0 Å². The zero-order valence-corrected chi connectivity index (χ0v) is 12.4. The average molecular weight is 295 g/mol. The van der Waals surface area contributed by atoms with Crippen molar-refractivity contribution in [1.29, 1.82) is 0 Å². The molecule has 1 aromatic rings. The van der Waals surface area contributed by atoms with E-state index in [0.29, 0.717) is 17.2 Å². The number of hydrogen-bond donors (Lipinski definition) is 3. The highest BCUT2D eigenvalue weighted by Gasteiger charge is 2.09. The van der Waals surface area contributed by atoms with Crippen molar-refractivity contribution in [2.75, 3.05) is 31.6 Å². The van der Waals surface area contributed by atoms with Gasteiger partial charge in [0.25, 0.3) is 0 Å². The normalized spacial score (nSPS) is 10.6. The number of nitrogens with two attached hydrogens (primary N) is 1. The van der Waals surface area contributed by atoms with E-state index >= 15 is 0 Å². The van der Waals surface area contributed by atoms with Crippen molar-refractivity contribution in [3.05, 3.63) is 29.8 Å². The minimum atomic E-state index is -0.102. The van der Waals surface area contributed by atoms with E-state index in [1.54, 1.807) is 24.3 Å². The minimum absolute atomic E-state index is 0.0515. The van der Waals surface area contributed by atoms with E-state index in [9.17, 15) is 4.79 Å². The Kier molecular flexibility index (Phi) is 7.14. The molecule has 0 aliphatic heterocycles. The quantitative estimate of drug-likeness (QED) is 0.623. The number of nitrogens with zero attached hydrogens (tertiary/aromatic N) is 1. The first-order valence-corrected chi connectivity index (χ1v) is 7.00. The molecule has 1 aromatic carbocycles. The maximum atomic E-state index is 11.9. The number of amides is 1. The van der Waals surface area contributed by atoms with E-state index in [0.717, 1.165) is 18.5 Å². The van der Waals surface area contributed by atoms with Gasteiger partial charge in [0.15, 0.2) is 0 Å². The lowest BCUT2D eigenvalue weighted by Crippen LogP contribution is -2.35. The summed E-state index contributed by atoms with van der Waals surface area (Å²) in [4.78, 5) is 14.2. The van der Waals surface area contributed by atoms with Crippen LogP contribution >= 0.6 is 12.2 Å². The van der Waals surface area contributed by atoms with Crippen molar-refractivity contribution in [3.63, 3.8) is 0 Å². The van der Waals surface area contributed by atoms with Crippen molar-refractivity contribution in [2.45, 2.75) is 13.3 Å². The third-order valence-electron chi connectivity index (χ3n) is 2.78. The fraction of sp³-hybridized carbons (Fsp3) is 0.429. The van der Waals surface area contributed by atoms with Gasteiger partial charge in [0.1, 0.15) is 4.99 Å². The molecule has 0 aliphatic carbocycles. The summed E-state index contributed by atoms with van der Waals surface area (Å²) >= 11 is 4.87. The molecule has 6 heteroatoms. The molecule has 1 amide bonds. The average Bonchev–Trinajstić information content (AvgIpc) is 2.39. The van der Waals surface area contributed by atoms with E-state index in [-0.39, 0.29) is 19.1 Å². The zero-order chi connectivity index (χ0) is 15.0. The number of anilines is 1. The molecular weight excluding hydrogens is 274 g/mol. The first-order valence-electron chi connectivity index (χ1n) is 6.59. The summed E-state index contributed by atoms with van der Waals surface area (Å²) in [5.74, 6) is -0.102. The molecule has 0 unspecified atom stereocenters. The third kappa shape index (κ3) is 5.64. The fourth-order valence-electron chi connectivity index (χ4n) is 1.85. The zero-order valence-electron chi connectivity index (χ0n) is 11.6. The molecule has 0 saturated carbocycles. The fourth-order valence-corrected chi connectivity index (χ4v) is 1.99. The molecule has 0 spiro atoms. The summed E-state index contributed by atoms with van der Waals surface area (Å²) in [5, 5.41) is 11.8. The molecule has 0 saturated heterocycles. The number of carbonyl (C=O) groups is 1. The predicted molar refractivity (Wildman–Crippen MR) is 84.8 cm³/mol.